The third kappa shape index (κ3) is 3.64. The second-order valence-electron chi connectivity index (χ2n) is 4.11. The van der Waals surface area contributed by atoms with Gasteiger partial charge in [0.05, 0.1) is 5.69 Å². The third-order valence-electron chi connectivity index (χ3n) is 1.75. The number of hydrogen-bond donors (Lipinski definition) is 2. The summed E-state index contributed by atoms with van der Waals surface area (Å²) >= 11 is 3.40. The molecule has 0 unspecified atom stereocenters. The lowest BCUT2D eigenvalue weighted by atomic mass is 10.1. The zero-order valence-corrected chi connectivity index (χ0v) is 10.4. The summed E-state index contributed by atoms with van der Waals surface area (Å²) in [7, 11) is 0. The van der Waals surface area contributed by atoms with Gasteiger partial charge < -0.3 is 11.1 Å². The molecule has 0 aliphatic heterocycles. The minimum absolute atomic E-state index is 0.220. The molecule has 3 N–H and O–H groups in total. The molecule has 1 aromatic rings. The summed E-state index contributed by atoms with van der Waals surface area (Å²) in [5.74, 6) is 0.865. The van der Waals surface area contributed by atoms with Crippen molar-refractivity contribution in [2.24, 2.45) is 5.73 Å². The molecule has 1 aromatic heterocycles. The highest BCUT2D eigenvalue weighted by molar-refractivity contribution is 9.10. The summed E-state index contributed by atoms with van der Waals surface area (Å²) in [4.78, 5) is 4.36. The summed E-state index contributed by atoms with van der Waals surface area (Å²) in [6, 6.07) is 3.91. The summed E-state index contributed by atoms with van der Waals surface area (Å²) in [5.41, 5.74) is 6.61. The Balaban J connectivity index is 2.65. The lowest BCUT2D eigenvalue weighted by Gasteiger charge is -2.19. The molecule has 4 heteroatoms. The molecule has 14 heavy (non-hydrogen) atoms. The monoisotopic (exact) mass is 257 g/mol. The van der Waals surface area contributed by atoms with E-state index in [0.29, 0.717) is 6.54 Å². The first-order valence-electron chi connectivity index (χ1n) is 4.54. The molecule has 3 nitrogen and oxygen atoms in total. The van der Waals surface area contributed by atoms with Crippen molar-refractivity contribution in [1.82, 2.24) is 4.98 Å². The fraction of sp³-hybridized carbons (Fsp3) is 0.500. The fourth-order valence-electron chi connectivity index (χ4n) is 0.961. The van der Waals surface area contributed by atoms with E-state index in [9.17, 15) is 0 Å². The van der Waals surface area contributed by atoms with Crippen LogP contribution in [0.15, 0.2) is 16.6 Å². The van der Waals surface area contributed by atoms with Gasteiger partial charge in [0.25, 0.3) is 0 Å². The number of aromatic nitrogens is 1. The molecule has 78 valence electrons. The SMILES string of the molecule is Cc1nc(NCC(C)(C)N)ccc1Br. The Morgan fingerprint density at radius 3 is 2.64 bits per heavy atom. The summed E-state index contributed by atoms with van der Waals surface area (Å²) in [6.45, 7) is 6.63. The lowest BCUT2D eigenvalue weighted by Crippen LogP contribution is -2.39. The molecule has 0 bridgehead atoms. The standard InChI is InChI=1S/C10H16BrN3/c1-7-8(11)4-5-9(14-7)13-6-10(2,3)12/h4-5H,6,12H2,1-3H3,(H,13,14). The van der Waals surface area contributed by atoms with E-state index in [1.54, 1.807) is 0 Å². The number of nitrogens with zero attached hydrogens (tertiary/aromatic N) is 1. The van der Waals surface area contributed by atoms with Gasteiger partial charge in [-0.1, -0.05) is 0 Å². The number of nitrogens with one attached hydrogen (secondary N) is 1. The van der Waals surface area contributed by atoms with Crippen LogP contribution in [0.4, 0.5) is 5.82 Å². The predicted octanol–water partition coefficient (Wildman–Crippen LogP) is 2.30. The molecule has 1 rings (SSSR count). The van der Waals surface area contributed by atoms with Gasteiger partial charge in [0.1, 0.15) is 5.82 Å². The van der Waals surface area contributed by atoms with Crippen LogP contribution in [-0.2, 0) is 0 Å². The highest BCUT2D eigenvalue weighted by atomic mass is 79.9. The maximum atomic E-state index is 5.85. The quantitative estimate of drug-likeness (QED) is 0.874. The number of aryl methyl sites for hydroxylation is 1. The summed E-state index contributed by atoms with van der Waals surface area (Å²) in [5, 5.41) is 3.20. The number of anilines is 1. The van der Waals surface area contributed by atoms with Gasteiger partial charge in [0.2, 0.25) is 0 Å². The maximum absolute atomic E-state index is 5.85. The number of halogens is 1. The van der Waals surface area contributed by atoms with Crippen LogP contribution in [0.5, 0.6) is 0 Å². The van der Waals surface area contributed by atoms with E-state index < -0.39 is 0 Å². The van der Waals surface area contributed by atoms with Crippen molar-refractivity contribution in [3.8, 4) is 0 Å². The Morgan fingerprint density at radius 1 is 1.50 bits per heavy atom. The predicted molar refractivity (Wildman–Crippen MR) is 63.4 cm³/mol. The average molecular weight is 258 g/mol. The smallest absolute Gasteiger partial charge is 0.126 e. The first kappa shape index (κ1) is 11.5. The molecular formula is C10H16BrN3. The Labute approximate surface area is 93.2 Å². The maximum Gasteiger partial charge on any atom is 0.126 e. The van der Waals surface area contributed by atoms with Gasteiger partial charge in [-0.3, -0.25) is 0 Å². The minimum atomic E-state index is -0.220. The van der Waals surface area contributed by atoms with Crippen molar-refractivity contribution in [2.45, 2.75) is 26.3 Å². The van der Waals surface area contributed by atoms with Crippen LogP contribution in [0.2, 0.25) is 0 Å². The average Bonchev–Trinajstić information content (AvgIpc) is 2.06. The second-order valence-corrected chi connectivity index (χ2v) is 4.96. The molecule has 0 fully saturated rings. The van der Waals surface area contributed by atoms with Crippen LogP contribution in [0.3, 0.4) is 0 Å². The molecular weight excluding hydrogens is 242 g/mol. The minimum Gasteiger partial charge on any atom is -0.368 e. The van der Waals surface area contributed by atoms with Crippen molar-refractivity contribution >= 4 is 21.7 Å². The molecule has 0 saturated carbocycles. The van der Waals surface area contributed by atoms with Crippen LogP contribution < -0.4 is 11.1 Å². The number of pyridine rings is 1. The van der Waals surface area contributed by atoms with Crippen LogP contribution in [0, 0.1) is 6.92 Å². The summed E-state index contributed by atoms with van der Waals surface area (Å²) in [6.07, 6.45) is 0. The zero-order valence-electron chi connectivity index (χ0n) is 8.76. The molecule has 0 aromatic carbocycles. The largest absolute Gasteiger partial charge is 0.368 e. The van der Waals surface area contributed by atoms with Crippen molar-refractivity contribution in [2.75, 3.05) is 11.9 Å². The topological polar surface area (TPSA) is 50.9 Å². The number of nitrogens with two attached hydrogens (primary N) is 1. The van der Waals surface area contributed by atoms with Crippen molar-refractivity contribution in [3.63, 3.8) is 0 Å². The van der Waals surface area contributed by atoms with Crippen LogP contribution in [-0.4, -0.2) is 17.1 Å². The van der Waals surface area contributed by atoms with E-state index in [4.69, 9.17) is 5.73 Å². The van der Waals surface area contributed by atoms with E-state index >= 15 is 0 Å². The Kier molecular flexibility index (Phi) is 3.50. The molecule has 0 aliphatic carbocycles. The van der Waals surface area contributed by atoms with Crippen molar-refractivity contribution in [1.29, 1.82) is 0 Å². The van der Waals surface area contributed by atoms with E-state index in [1.807, 2.05) is 32.9 Å². The normalized spacial score (nSPS) is 11.5. The summed E-state index contributed by atoms with van der Waals surface area (Å²) < 4.78 is 1.02. The van der Waals surface area contributed by atoms with Gasteiger partial charge in [-0.05, 0) is 48.8 Å². The zero-order chi connectivity index (χ0) is 10.8. The molecule has 0 radical (unpaired) electrons. The van der Waals surface area contributed by atoms with Gasteiger partial charge in [-0.2, -0.15) is 0 Å². The molecule has 0 amide bonds. The molecule has 0 aliphatic rings. The van der Waals surface area contributed by atoms with E-state index in [0.717, 1.165) is 16.0 Å². The third-order valence-corrected chi connectivity index (χ3v) is 2.58. The highest BCUT2D eigenvalue weighted by Crippen LogP contribution is 2.16. The lowest BCUT2D eigenvalue weighted by molar-refractivity contribution is 0.548. The number of rotatable bonds is 3. The van der Waals surface area contributed by atoms with Crippen molar-refractivity contribution in [3.05, 3.63) is 22.3 Å². The van der Waals surface area contributed by atoms with Crippen molar-refractivity contribution < 1.29 is 0 Å². The highest BCUT2D eigenvalue weighted by Gasteiger charge is 2.10. The van der Waals surface area contributed by atoms with Gasteiger partial charge >= 0.3 is 0 Å². The Hall–Kier alpha value is -0.610. The molecule has 0 spiro atoms. The van der Waals surface area contributed by atoms with Gasteiger partial charge in [-0.15, -0.1) is 0 Å². The molecule has 0 saturated heterocycles. The second kappa shape index (κ2) is 4.28. The van der Waals surface area contributed by atoms with Gasteiger partial charge in [0.15, 0.2) is 0 Å². The van der Waals surface area contributed by atoms with Crippen LogP contribution in [0.25, 0.3) is 0 Å². The van der Waals surface area contributed by atoms with Gasteiger partial charge in [0, 0.05) is 16.6 Å². The fourth-order valence-corrected chi connectivity index (χ4v) is 1.18. The first-order chi connectivity index (χ1) is 6.38. The van der Waals surface area contributed by atoms with Crippen LogP contribution >= 0.6 is 15.9 Å². The van der Waals surface area contributed by atoms with Gasteiger partial charge in [-0.25, -0.2) is 4.98 Å². The molecule has 0 atom stereocenters. The van der Waals surface area contributed by atoms with E-state index in [1.165, 1.54) is 0 Å². The van der Waals surface area contributed by atoms with E-state index in [2.05, 4.69) is 26.2 Å². The van der Waals surface area contributed by atoms with Crippen LogP contribution in [0.1, 0.15) is 19.5 Å². The first-order valence-corrected chi connectivity index (χ1v) is 5.34. The Morgan fingerprint density at radius 2 is 2.14 bits per heavy atom. The van der Waals surface area contributed by atoms with E-state index in [-0.39, 0.29) is 5.54 Å². The molecule has 1 heterocycles. The Bertz CT molecular complexity index is 318. The number of hydrogen-bond acceptors (Lipinski definition) is 3.